The van der Waals surface area contributed by atoms with Gasteiger partial charge in [-0.15, -0.1) is 0 Å². The average molecular weight is 370 g/mol. The van der Waals surface area contributed by atoms with E-state index in [4.69, 9.17) is 16.3 Å². The molecular formula is C20H20ClN3O2. The predicted molar refractivity (Wildman–Crippen MR) is 101 cm³/mol. The second kappa shape index (κ2) is 8.06. The number of carbonyl (C=O) groups excluding carboxylic acids is 1. The fourth-order valence-electron chi connectivity index (χ4n) is 2.77. The van der Waals surface area contributed by atoms with Gasteiger partial charge in [-0.3, -0.25) is 4.79 Å². The van der Waals surface area contributed by atoms with E-state index >= 15 is 0 Å². The smallest absolute Gasteiger partial charge is 0.225 e. The molecule has 0 aliphatic carbocycles. The molecule has 1 atom stereocenters. The van der Waals surface area contributed by atoms with Gasteiger partial charge in [-0.05, 0) is 35.4 Å². The van der Waals surface area contributed by atoms with Gasteiger partial charge in [0.05, 0.1) is 13.5 Å². The summed E-state index contributed by atoms with van der Waals surface area (Å²) < 4.78 is 7.21. The second-order valence-electron chi connectivity index (χ2n) is 5.98. The summed E-state index contributed by atoms with van der Waals surface area (Å²) in [4.78, 5) is 17.0. The Balaban J connectivity index is 1.85. The van der Waals surface area contributed by atoms with E-state index in [9.17, 15) is 4.79 Å². The highest BCUT2D eigenvalue weighted by molar-refractivity contribution is 6.30. The SMILES string of the molecule is COc1cccc([C@H](NC(=O)Cc2ccc(Cl)cc2)c2nccn2C)c1. The highest BCUT2D eigenvalue weighted by Gasteiger charge is 2.21. The lowest BCUT2D eigenvalue weighted by Crippen LogP contribution is -2.32. The molecule has 0 aliphatic heterocycles. The number of halogens is 1. The average Bonchev–Trinajstić information content (AvgIpc) is 3.07. The first-order valence-corrected chi connectivity index (χ1v) is 8.59. The third-order valence-electron chi connectivity index (χ3n) is 4.13. The van der Waals surface area contributed by atoms with Crippen molar-refractivity contribution in [3.63, 3.8) is 0 Å². The molecule has 2 aromatic carbocycles. The number of imidazole rings is 1. The maximum absolute atomic E-state index is 12.6. The van der Waals surface area contributed by atoms with Gasteiger partial charge in [-0.25, -0.2) is 4.98 Å². The molecular weight excluding hydrogens is 350 g/mol. The van der Waals surface area contributed by atoms with Crippen molar-refractivity contribution in [3.05, 3.63) is 82.9 Å². The number of aromatic nitrogens is 2. The maximum Gasteiger partial charge on any atom is 0.225 e. The molecule has 0 aliphatic rings. The number of hydrogen-bond acceptors (Lipinski definition) is 3. The minimum Gasteiger partial charge on any atom is -0.497 e. The van der Waals surface area contributed by atoms with E-state index in [1.807, 2.05) is 54.2 Å². The lowest BCUT2D eigenvalue weighted by molar-refractivity contribution is -0.121. The molecule has 1 heterocycles. The normalized spacial score (nSPS) is 11.8. The van der Waals surface area contributed by atoms with Crippen LogP contribution in [0.5, 0.6) is 5.75 Å². The molecule has 26 heavy (non-hydrogen) atoms. The van der Waals surface area contributed by atoms with Crippen molar-refractivity contribution >= 4 is 17.5 Å². The summed E-state index contributed by atoms with van der Waals surface area (Å²) in [6, 6.07) is 14.5. The number of benzene rings is 2. The molecule has 6 heteroatoms. The Bertz CT molecular complexity index is 890. The van der Waals surface area contributed by atoms with Gasteiger partial charge in [-0.2, -0.15) is 0 Å². The first-order valence-electron chi connectivity index (χ1n) is 8.22. The number of methoxy groups -OCH3 is 1. The fraction of sp³-hybridized carbons (Fsp3) is 0.200. The van der Waals surface area contributed by atoms with E-state index in [0.29, 0.717) is 5.02 Å². The van der Waals surface area contributed by atoms with Gasteiger partial charge in [-0.1, -0.05) is 35.9 Å². The van der Waals surface area contributed by atoms with Crippen LogP contribution in [0.3, 0.4) is 0 Å². The lowest BCUT2D eigenvalue weighted by Gasteiger charge is -2.20. The minimum absolute atomic E-state index is 0.0943. The molecule has 134 valence electrons. The van der Waals surface area contributed by atoms with Crippen LogP contribution in [-0.4, -0.2) is 22.6 Å². The lowest BCUT2D eigenvalue weighted by atomic mass is 10.0. The highest BCUT2D eigenvalue weighted by atomic mass is 35.5. The summed E-state index contributed by atoms with van der Waals surface area (Å²) in [6.07, 6.45) is 3.84. The van der Waals surface area contributed by atoms with Crippen LogP contribution in [0.4, 0.5) is 0 Å². The number of rotatable bonds is 6. The molecule has 0 spiro atoms. The van der Waals surface area contributed by atoms with Crippen molar-refractivity contribution < 1.29 is 9.53 Å². The summed E-state index contributed by atoms with van der Waals surface area (Å²) in [6.45, 7) is 0. The van der Waals surface area contributed by atoms with E-state index in [0.717, 1.165) is 22.7 Å². The Labute approximate surface area is 157 Å². The van der Waals surface area contributed by atoms with Crippen LogP contribution < -0.4 is 10.1 Å². The summed E-state index contributed by atoms with van der Waals surface area (Å²) >= 11 is 5.90. The zero-order valence-electron chi connectivity index (χ0n) is 14.6. The predicted octanol–water partition coefficient (Wildman–Crippen LogP) is 3.53. The van der Waals surface area contributed by atoms with Crippen LogP contribution in [0.15, 0.2) is 60.9 Å². The van der Waals surface area contributed by atoms with Gasteiger partial charge in [0, 0.05) is 24.5 Å². The Hall–Kier alpha value is -2.79. The molecule has 0 radical (unpaired) electrons. The van der Waals surface area contributed by atoms with Gasteiger partial charge in [0.1, 0.15) is 17.6 Å². The number of hydrogen-bond donors (Lipinski definition) is 1. The Morgan fingerprint density at radius 2 is 2.04 bits per heavy atom. The summed E-state index contributed by atoms with van der Waals surface area (Å²) in [5.41, 5.74) is 1.80. The molecule has 0 saturated carbocycles. The molecule has 1 amide bonds. The quantitative estimate of drug-likeness (QED) is 0.723. The largest absolute Gasteiger partial charge is 0.497 e. The molecule has 3 rings (SSSR count). The van der Waals surface area contributed by atoms with Gasteiger partial charge < -0.3 is 14.6 Å². The topological polar surface area (TPSA) is 56.1 Å². The molecule has 0 unspecified atom stereocenters. The number of amides is 1. The van der Waals surface area contributed by atoms with E-state index in [2.05, 4.69) is 10.3 Å². The molecule has 5 nitrogen and oxygen atoms in total. The summed E-state index contributed by atoms with van der Waals surface area (Å²) in [7, 11) is 3.52. The van der Waals surface area contributed by atoms with E-state index in [1.54, 1.807) is 25.4 Å². The number of nitrogens with zero attached hydrogens (tertiary/aromatic N) is 2. The van der Waals surface area contributed by atoms with Crippen LogP contribution in [0, 0.1) is 0 Å². The van der Waals surface area contributed by atoms with Crippen molar-refractivity contribution in [2.75, 3.05) is 7.11 Å². The van der Waals surface area contributed by atoms with Gasteiger partial charge in [0.25, 0.3) is 0 Å². The Kier molecular flexibility index (Phi) is 5.58. The second-order valence-corrected chi connectivity index (χ2v) is 6.41. The number of nitrogens with one attached hydrogen (secondary N) is 1. The third kappa shape index (κ3) is 4.24. The van der Waals surface area contributed by atoms with Gasteiger partial charge in [0.2, 0.25) is 5.91 Å². The first-order chi connectivity index (χ1) is 12.6. The van der Waals surface area contributed by atoms with Gasteiger partial charge in [0.15, 0.2) is 0 Å². The van der Waals surface area contributed by atoms with Crippen LogP contribution in [0.1, 0.15) is 23.0 Å². The van der Waals surface area contributed by atoms with Crippen LogP contribution in [-0.2, 0) is 18.3 Å². The molecule has 1 N–H and O–H groups in total. The van der Waals surface area contributed by atoms with E-state index in [-0.39, 0.29) is 18.4 Å². The molecule has 0 bridgehead atoms. The number of carbonyl (C=O) groups is 1. The van der Waals surface area contributed by atoms with Crippen molar-refractivity contribution in [3.8, 4) is 5.75 Å². The van der Waals surface area contributed by atoms with Crippen molar-refractivity contribution in [2.45, 2.75) is 12.5 Å². The third-order valence-corrected chi connectivity index (χ3v) is 4.38. The van der Waals surface area contributed by atoms with Crippen LogP contribution in [0.25, 0.3) is 0 Å². The Morgan fingerprint density at radius 3 is 2.69 bits per heavy atom. The molecule has 0 saturated heterocycles. The summed E-state index contributed by atoms with van der Waals surface area (Å²) in [5, 5.41) is 3.73. The fourth-order valence-corrected chi connectivity index (χ4v) is 2.90. The molecule has 0 fully saturated rings. The van der Waals surface area contributed by atoms with Crippen molar-refractivity contribution in [1.82, 2.24) is 14.9 Å². The molecule has 1 aromatic heterocycles. The van der Waals surface area contributed by atoms with E-state index in [1.165, 1.54) is 0 Å². The Morgan fingerprint density at radius 1 is 1.27 bits per heavy atom. The zero-order valence-corrected chi connectivity index (χ0v) is 15.4. The maximum atomic E-state index is 12.6. The minimum atomic E-state index is -0.370. The molecule has 3 aromatic rings. The standard InChI is InChI=1S/C20H20ClN3O2/c1-24-11-10-22-20(24)19(15-4-3-5-17(13-15)26-2)23-18(25)12-14-6-8-16(21)9-7-14/h3-11,13,19H,12H2,1-2H3,(H,23,25)/t19-/m0/s1. The van der Waals surface area contributed by atoms with Gasteiger partial charge >= 0.3 is 0 Å². The van der Waals surface area contributed by atoms with Crippen LogP contribution in [0.2, 0.25) is 5.02 Å². The van der Waals surface area contributed by atoms with Crippen LogP contribution >= 0.6 is 11.6 Å². The van der Waals surface area contributed by atoms with Crippen molar-refractivity contribution in [1.29, 1.82) is 0 Å². The number of ether oxygens (including phenoxy) is 1. The summed E-state index contributed by atoms with van der Waals surface area (Å²) in [5.74, 6) is 1.39. The highest BCUT2D eigenvalue weighted by Crippen LogP contribution is 2.24. The first kappa shape index (κ1) is 18.0. The number of aryl methyl sites for hydroxylation is 1. The monoisotopic (exact) mass is 369 g/mol. The van der Waals surface area contributed by atoms with E-state index < -0.39 is 0 Å². The zero-order chi connectivity index (χ0) is 18.5. The van der Waals surface area contributed by atoms with Crippen molar-refractivity contribution in [2.24, 2.45) is 7.05 Å².